The molecule has 0 fully saturated rings. The first kappa shape index (κ1) is 14.5. The lowest BCUT2D eigenvalue weighted by atomic mass is 9.87. The van der Waals surface area contributed by atoms with Crippen molar-refractivity contribution >= 4 is 11.6 Å². The lowest BCUT2D eigenvalue weighted by molar-refractivity contribution is -0.119. The summed E-state index contributed by atoms with van der Waals surface area (Å²) in [6.45, 7) is 7.75. The van der Waals surface area contributed by atoms with Gasteiger partial charge in [0.1, 0.15) is 5.75 Å². The number of benzene rings is 1. The van der Waals surface area contributed by atoms with Gasteiger partial charge in [-0.05, 0) is 36.1 Å². The Kier molecular flexibility index (Phi) is 4.35. The molecule has 0 saturated heterocycles. The topological polar surface area (TPSA) is 64.3 Å². The third-order valence-electron chi connectivity index (χ3n) is 2.88. The van der Waals surface area contributed by atoms with Gasteiger partial charge in [-0.2, -0.15) is 0 Å². The normalized spacial score (nSPS) is 13.0. The zero-order chi connectivity index (χ0) is 13.9. The molecule has 4 heteroatoms. The van der Waals surface area contributed by atoms with Crippen LogP contribution >= 0.6 is 0 Å². The molecule has 1 amide bonds. The Labute approximate surface area is 109 Å². The predicted molar refractivity (Wildman–Crippen MR) is 73.8 cm³/mol. The van der Waals surface area contributed by atoms with Gasteiger partial charge in [0, 0.05) is 5.69 Å². The first-order valence-corrected chi connectivity index (χ1v) is 5.97. The molecule has 1 rings (SSSR count). The van der Waals surface area contributed by atoms with Gasteiger partial charge in [0.25, 0.3) is 0 Å². The molecule has 1 atom stereocenters. The fourth-order valence-electron chi connectivity index (χ4n) is 1.57. The minimum Gasteiger partial charge on any atom is -0.496 e. The van der Waals surface area contributed by atoms with E-state index in [0.717, 1.165) is 17.0 Å². The second kappa shape index (κ2) is 5.40. The smallest absolute Gasteiger partial charge is 0.241 e. The fraction of sp³-hybridized carbons (Fsp3) is 0.500. The average Bonchev–Trinajstić information content (AvgIpc) is 2.27. The molecule has 18 heavy (non-hydrogen) atoms. The molecule has 0 radical (unpaired) electrons. The molecule has 0 bridgehead atoms. The van der Waals surface area contributed by atoms with Gasteiger partial charge in [-0.25, -0.2) is 0 Å². The molecule has 0 saturated carbocycles. The molecule has 0 unspecified atom stereocenters. The number of carbonyl (C=O) groups is 1. The number of rotatable bonds is 3. The van der Waals surface area contributed by atoms with E-state index in [-0.39, 0.29) is 11.3 Å². The van der Waals surface area contributed by atoms with Gasteiger partial charge in [-0.1, -0.05) is 20.8 Å². The number of methoxy groups -OCH3 is 1. The van der Waals surface area contributed by atoms with Crippen LogP contribution in [0.2, 0.25) is 0 Å². The summed E-state index contributed by atoms with van der Waals surface area (Å²) in [6, 6.07) is 4.96. The van der Waals surface area contributed by atoms with Gasteiger partial charge < -0.3 is 15.8 Å². The van der Waals surface area contributed by atoms with Crippen molar-refractivity contribution in [1.29, 1.82) is 0 Å². The molecule has 0 aliphatic rings. The summed E-state index contributed by atoms with van der Waals surface area (Å²) in [7, 11) is 1.62. The molecular formula is C14H22N2O2. The van der Waals surface area contributed by atoms with Crippen molar-refractivity contribution in [3.05, 3.63) is 23.8 Å². The van der Waals surface area contributed by atoms with E-state index in [1.165, 1.54) is 0 Å². The van der Waals surface area contributed by atoms with Crippen LogP contribution in [0.4, 0.5) is 5.69 Å². The molecule has 1 aromatic rings. The highest BCUT2D eigenvalue weighted by Gasteiger charge is 2.27. The maximum atomic E-state index is 12.0. The number of nitrogens with one attached hydrogen (secondary N) is 1. The Morgan fingerprint density at radius 2 is 2.00 bits per heavy atom. The highest BCUT2D eigenvalue weighted by atomic mass is 16.5. The first-order valence-electron chi connectivity index (χ1n) is 5.97. The largest absolute Gasteiger partial charge is 0.496 e. The fourth-order valence-corrected chi connectivity index (χ4v) is 1.57. The second-order valence-electron chi connectivity index (χ2n) is 5.52. The molecule has 4 nitrogen and oxygen atoms in total. The second-order valence-corrected chi connectivity index (χ2v) is 5.52. The molecule has 3 N–H and O–H groups in total. The summed E-state index contributed by atoms with van der Waals surface area (Å²) in [5.74, 6) is 0.625. The third-order valence-corrected chi connectivity index (χ3v) is 2.88. The van der Waals surface area contributed by atoms with Crippen LogP contribution in [-0.2, 0) is 4.79 Å². The van der Waals surface area contributed by atoms with Gasteiger partial charge in [-0.15, -0.1) is 0 Å². The number of carbonyl (C=O) groups excluding carboxylic acids is 1. The zero-order valence-electron chi connectivity index (χ0n) is 11.7. The minimum atomic E-state index is -0.542. The molecule has 1 aromatic carbocycles. The molecular weight excluding hydrogens is 228 g/mol. The molecule has 100 valence electrons. The van der Waals surface area contributed by atoms with Gasteiger partial charge >= 0.3 is 0 Å². The first-order chi connectivity index (χ1) is 8.25. The lowest BCUT2D eigenvalue weighted by Crippen LogP contribution is -2.45. The van der Waals surface area contributed by atoms with E-state index in [1.54, 1.807) is 13.2 Å². The summed E-state index contributed by atoms with van der Waals surface area (Å²) in [4.78, 5) is 12.0. The van der Waals surface area contributed by atoms with Crippen molar-refractivity contribution in [1.82, 2.24) is 0 Å². The lowest BCUT2D eigenvalue weighted by Gasteiger charge is -2.25. The summed E-state index contributed by atoms with van der Waals surface area (Å²) >= 11 is 0. The van der Waals surface area contributed by atoms with Crippen LogP contribution < -0.4 is 15.8 Å². The van der Waals surface area contributed by atoms with Crippen LogP contribution in [0.5, 0.6) is 5.75 Å². The quantitative estimate of drug-likeness (QED) is 0.865. The van der Waals surface area contributed by atoms with Crippen LogP contribution in [-0.4, -0.2) is 19.1 Å². The Hall–Kier alpha value is -1.55. The minimum absolute atomic E-state index is 0.174. The van der Waals surface area contributed by atoms with Gasteiger partial charge in [0.2, 0.25) is 5.91 Å². The number of hydrogen-bond donors (Lipinski definition) is 2. The van der Waals surface area contributed by atoms with E-state index < -0.39 is 6.04 Å². The zero-order valence-corrected chi connectivity index (χ0v) is 11.7. The maximum absolute atomic E-state index is 12.0. The van der Waals surface area contributed by atoms with E-state index in [2.05, 4.69) is 5.32 Å². The monoisotopic (exact) mass is 250 g/mol. The average molecular weight is 250 g/mol. The third kappa shape index (κ3) is 3.47. The standard InChI is InChI=1S/C14H22N2O2/c1-9-8-10(6-7-11(9)18-5)16-13(17)12(15)14(2,3)4/h6-8,12H,15H2,1-5H3,(H,16,17)/t12-/m1/s1. The van der Waals surface area contributed by atoms with Crippen LogP contribution in [0.25, 0.3) is 0 Å². The molecule has 0 aliphatic heterocycles. The van der Waals surface area contributed by atoms with Crippen LogP contribution in [0.1, 0.15) is 26.3 Å². The van der Waals surface area contributed by atoms with E-state index in [0.29, 0.717) is 0 Å². The predicted octanol–water partition coefficient (Wildman–Crippen LogP) is 2.32. The van der Waals surface area contributed by atoms with Crippen molar-refractivity contribution < 1.29 is 9.53 Å². The van der Waals surface area contributed by atoms with Gasteiger partial charge in [0.05, 0.1) is 13.2 Å². The van der Waals surface area contributed by atoms with E-state index in [4.69, 9.17) is 10.5 Å². The molecule has 0 aromatic heterocycles. The Morgan fingerprint density at radius 1 is 1.39 bits per heavy atom. The highest BCUT2D eigenvalue weighted by molar-refractivity contribution is 5.95. The maximum Gasteiger partial charge on any atom is 0.241 e. The number of anilines is 1. The van der Waals surface area contributed by atoms with Crippen molar-refractivity contribution in [3.63, 3.8) is 0 Å². The van der Waals surface area contributed by atoms with E-state index in [1.807, 2.05) is 39.8 Å². The number of aryl methyl sites for hydroxylation is 1. The molecule has 0 spiro atoms. The summed E-state index contributed by atoms with van der Waals surface area (Å²) in [5, 5.41) is 2.82. The summed E-state index contributed by atoms with van der Waals surface area (Å²) in [6.07, 6.45) is 0. The molecule has 0 aliphatic carbocycles. The van der Waals surface area contributed by atoms with Crippen molar-refractivity contribution in [2.45, 2.75) is 33.7 Å². The Balaban J connectivity index is 2.80. The van der Waals surface area contributed by atoms with Gasteiger partial charge in [0.15, 0.2) is 0 Å². The number of nitrogens with two attached hydrogens (primary N) is 1. The van der Waals surface area contributed by atoms with Gasteiger partial charge in [-0.3, -0.25) is 4.79 Å². The van der Waals surface area contributed by atoms with E-state index >= 15 is 0 Å². The Bertz CT molecular complexity index is 436. The summed E-state index contributed by atoms with van der Waals surface area (Å²) < 4.78 is 5.17. The van der Waals surface area contributed by atoms with Crippen LogP contribution in [0.15, 0.2) is 18.2 Å². The molecule has 0 heterocycles. The van der Waals surface area contributed by atoms with Crippen LogP contribution in [0.3, 0.4) is 0 Å². The van der Waals surface area contributed by atoms with Crippen molar-refractivity contribution in [3.8, 4) is 5.75 Å². The summed E-state index contributed by atoms with van der Waals surface area (Å²) in [5.41, 5.74) is 7.35. The SMILES string of the molecule is COc1ccc(NC(=O)[C@@H](N)C(C)(C)C)cc1C. The van der Waals surface area contributed by atoms with Crippen molar-refractivity contribution in [2.24, 2.45) is 11.1 Å². The number of ether oxygens (including phenoxy) is 1. The van der Waals surface area contributed by atoms with E-state index in [9.17, 15) is 4.79 Å². The number of amides is 1. The Morgan fingerprint density at radius 3 is 2.44 bits per heavy atom. The number of hydrogen-bond acceptors (Lipinski definition) is 3. The highest BCUT2D eigenvalue weighted by Crippen LogP contribution is 2.23. The van der Waals surface area contributed by atoms with Crippen LogP contribution in [0, 0.1) is 12.3 Å². The van der Waals surface area contributed by atoms with Crippen molar-refractivity contribution in [2.75, 3.05) is 12.4 Å².